The smallest absolute Gasteiger partial charge is 0.387 e. The molecule has 0 bridgehead atoms. The summed E-state index contributed by atoms with van der Waals surface area (Å²) in [5.41, 5.74) is 4.63. The van der Waals surface area contributed by atoms with Gasteiger partial charge in [-0.05, 0) is 25.7 Å². The fourth-order valence-corrected chi connectivity index (χ4v) is 10.9. The van der Waals surface area contributed by atoms with E-state index in [9.17, 15) is 48.1 Å². The summed E-state index contributed by atoms with van der Waals surface area (Å²) in [6.07, 6.45) is -0.902. The van der Waals surface area contributed by atoms with Crippen LogP contribution in [0.2, 0.25) is 0 Å². The molecule has 5 rings (SSSR count). The number of aromatic amines is 1. The second-order valence-corrected chi connectivity index (χ2v) is 18.6. The predicted octanol–water partition coefficient (Wildman–Crippen LogP) is -0.521. The van der Waals surface area contributed by atoms with Crippen molar-refractivity contribution in [2.24, 2.45) is 0 Å². The number of aromatic nitrogens is 4. The number of unbranched alkanes of at least 4 members (excludes halogenated alkanes) is 4. The number of aliphatic hydroxyl groups is 2. The zero-order chi connectivity index (χ0) is 40.1. The van der Waals surface area contributed by atoms with Gasteiger partial charge in [0.05, 0.1) is 18.7 Å². The van der Waals surface area contributed by atoms with Crippen molar-refractivity contribution in [2.75, 3.05) is 36.5 Å². The number of imidazole rings is 1. The van der Waals surface area contributed by atoms with Crippen molar-refractivity contribution < 1.29 is 71.0 Å². The number of hydrogen-bond donors (Lipinski definition) is 12. The number of anilines is 2. The van der Waals surface area contributed by atoms with Crippen LogP contribution in [-0.4, -0.2) is 122 Å². The summed E-state index contributed by atoms with van der Waals surface area (Å²) in [6, 6.07) is 0.211. The van der Waals surface area contributed by atoms with Crippen LogP contribution < -0.4 is 32.6 Å². The molecule has 3 amide bonds. The topological polar surface area (TPSA) is 381 Å². The lowest BCUT2D eigenvalue weighted by atomic mass is 10.0. The third-order valence-electron chi connectivity index (χ3n) is 8.77. The third-order valence-corrected chi connectivity index (χ3v) is 14.1. The normalized spacial score (nSPS) is 27.3. The Morgan fingerprint density at radius 2 is 1.69 bits per heavy atom. The van der Waals surface area contributed by atoms with Crippen molar-refractivity contribution >= 4 is 70.2 Å². The van der Waals surface area contributed by atoms with Gasteiger partial charge in [0.15, 0.2) is 17.4 Å². The SMILES string of the molecule is Nc1nc2c(nc(NCCCCCCNC(=O)CCCC[C@@H]3SC[C@@H]4NC(=O)N[C@@H]43)n2[C@@H]2O[C@H](COP(=O)(O)OP(=O)(O)OP(=O)(O)O)[C@@H](O)[C@H]2O)c(=O)[nH]1. The number of hydrogen-bond acceptors (Lipinski definition) is 17. The number of rotatable bonds is 21. The number of ether oxygens (including phenoxy) is 1. The maximum absolute atomic E-state index is 12.6. The molecule has 2 aromatic heterocycles. The van der Waals surface area contributed by atoms with E-state index < -0.39 is 60.2 Å². The first kappa shape index (κ1) is 43.5. The molecule has 13 N–H and O–H groups in total. The number of H-pyrrole nitrogens is 1. The number of nitrogens with one attached hydrogen (secondary N) is 5. The van der Waals surface area contributed by atoms with Crippen molar-refractivity contribution in [3.8, 4) is 0 Å². The number of phosphoric ester groups is 1. The van der Waals surface area contributed by atoms with Gasteiger partial charge in [-0.1, -0.05) is 19.3 Å². The van der Waals surface area contributed by atoms with Crippen LogP contribution in [0.3, 0.4) is 0 Å². The van der Waals surface area contributed by atoms with E-state index in [1.54, 1.807) is 0 Å². The number of carbonyl (C=O) groups is 2. The van der Waals surface area contributed by atoms with Crippen molar-refractivity contribution in [3.63, 3.8) is 0 Å². The number of carbonyl (C=O) groups excluding carboxylic acids is 2. The zero-order valence-corrected chi connectivity index (χ0v) is 32.5. The van der Waals surface area contributed by atoms with Gasteiger partial charge >= 0.3 is 29.5 Å². The molecular weight excluding hydrogens is 819 g/mol. The van der Waals surface area contributed by atoms with Gasteiger partial charge in [-0.3, -0.25) is 23.7 Å². The van der Waals surface area contributed by atoms with E-state index in [0.717, 1.165) is 48.8 Å². The minimum Gasteiger partial charge on any atom is -0.387 e. The van der Waals surface area contributed by atoms with E-state index >= 15 is 0 Å². The second kappa shape index (κ2) is 18.3. The molecule has 0 saturated carbocycles. The summed E-state index contributed by atoms with van der Waals surface area (Å²) in [6.45, 7) is -0.240. The summed E-state index contributed by atoms with van der Waals surface area (Å²) in [5, 5.41) is 33.7. The van der Waals surface area contributed by atoms with Crippen LogP contribution in [0.1, 0.15) is 57.6 Å². The molecule has 3 aliphatic rings. The molecular formula is C26H44N9O16P3S. The first-order valence-electron chi connectivity index (χ1n) is 17.1. The first-order chi connectivity index (χ1) is 25.8. The number of phosphoric acid groups is 3. The monoisotopic (exact) mass is 863 g/mol. The van der Waals surface area contributed by atoms with Crippen LogP contribution in [0, 0.1) is 0 Å². The molecule has 0 aliphatic carbocycles. The molecule has 29 heteroatoms. The lowest BCUT2D eigenvalue weighted by Gasteiger charge is -2.20. The number of nitrogen functional groups attached to an aromatic ring is 1. The maximum Gasteiger partial charge on any atom is 0.490 e. The summed E-state index contributed by atoms with van der Waals surface area (Å²) in [4.78, 5) is 83.6. The highest BCUT2D eigenvalue weighted by molar-refractivity contribution is 8.00. The van der Waals surface area contributed by atoms with E-state index in [1.807, 2.05) is 11.8 Å². The second-order valence-electron chi connectivity index (χ2n) is 12.9. The van der Waals surface area contributed by atoms with Crippen LogP contribution in [0.4, 0.5) is 16.7 Å². The summed E-state index contributed by atoms with van der Waals surface area (Å²) < 4.78 is 53.3. The van der Waals surface area contributed by atoms with Gasteiger partial charge in [0.2, 0.25) is 17.8 Å². The lowest BCUT2D eigenvalue weighted by molar-refractivity contribution is -0.121. The van der Waals surface area contributed by atoms with E-state index in [1.165, 1.54) is 0 Å². The van der Waals surface area contributed by atoms with E-state index in [2.05, 4.69) is 49.4 Å². The quantitative estimate of drug-likeness (QED) is 0.0427. The van der Waals surface area contributed by atoms with Crippen LogP contribution in [0.25, 0.3) is 11.2 Å². The predicted molar refractivity (Wildman–Crippen MR) is 192 cm³/mol. The Balaban J connectivity index is 1.06. The fourth-order valence-electron chi connectivity index (χ4n) is 6.31. The number of nitrogens with two attached hydrogens (primary N) is 1. The number of thioether (sulfide) groups is 1. The molecule has 3 aliphatic heterocycles. The Labute approximate surface area is 316 Å². The van der Waals surface area contributed by atoms with Crippen LogP contribution >= 0.6 is 35.2 Å². The van der Waals surface area contributed by atoms with Gasteiger partial charge in [0, 0.05) is 30.5 Å². The maximum atomic E-state index is 12.6. The molecule has 55 heavy (non-hydrogen) atoms. The van der Waals surface area contributed by atoms with Gasteiger partial charge in [-0.2, -0.15) is 25.4 Å². The van der Waals surface area contributed by atoms with Crippen molar-refractivity contribution in [1.82, 2.24) is 35.5 Å². The minimum atomic E-state index is -5.81. The number of urea groups is 1. The van der Waals surface area contributed by atoms with Crippen molar-refractivity contribution in [3.05, 3.63) is 10.4 Å². The summed E-state index contributed by atoms with van der Waals surface area (Å²) >= 11 is 1.84. The number of amides is 3. The number of fused-ring (bicyclic) bond motifs is 2. The molecule has 5 heterocycles. The first-order valence-corrected chi connectivity index (χ1v) is 22.7. The Hall–Kier alpha value is -2.67. The van der Waals surface area contributed by atoms with Crippen molar-refractivity contribution in [1.29, 1.82) is 0 Å². The highest BCUT2D eigenvalue weighted by Crippen LogP contribution is 2.66. The molecule has 25 nitrogen and oxygen atoms in total. The van der Waals surface area contributed by atoms with Crippen LogP contribution in [0.5, 0.6) is 0 Å². The summed E-state index contributed by atoms with van der Waals surface area (Å²) in [7, 11) is -17.0. The molecule has 2 aromatic rings. The fraction of sp³-hybridized carbons (Fsp3) is 0.731. The Morgan fingerprint density at radius 3 is 2.42 bits per heavy atom. The molecule has 310 valence electrons. The molecule has 0 aromatic carbocycles. The van der Waals surface area contributed by atoms with Crippen LogP contribution in [0.15, 0.2) is 4.79 Å². The highest BCUT2D eigenvalue weighted by Gasteiger charge is 2.48. The van der Waals surface area contributed by atoms with Gasteiger partial charge in [0.25, 0.3) is 5.56 Å². The van der Waals surface area contributed by atoms with Gasteiger partial charge in [-0.25, -0.2) is 23.5 Å². The molecule has 3 fully saturated rings. The average Bonchev–Trinajstić information content (AvgIpc) is 3.80. The Bertz CT molecular complexity index is 1900. The van der Waals surface area contributed by atoms with Gasteiger partial charge in [0.1, 0.15) is 18.3 Å². The number of nitrogens with zero attached hydrogens (tertiary/aromatic N) is 3. The standard InChI is InChI=1S/C26H44N9O16P3S/c27-24-33-21-18(22(39)34-24)31-25(35(21)23-20(38)19(37)14(49-23)11-48-53(44,45)51-54(46,47)50-52(41,42)43)29-10-6-2-1-5-9-28-16(36)8-4-3-7-15-17-13(12-55-15)30-26(40)32-17/h13-15,17,19-20,23,37-38H,1-12H2,(H,28,36)(H,29,31)(H,44,45)(H,46,47)(H2,30,32,40)(H2,41,42,43)(H3,27,33,34,39)/t13-,14+,15-,17-,19+,20+,23+/m0/s1. The van der Waals surface area contributed by atoms with Crippen molar-refractivity contribution in [2.45, 2.75) is 93.2 Å². The molecule has 9 atom stereocenters. The molecule has 0 spiro atoms. The molecule has 0 radical (unpaired) electrons. The Morgan fingerprint density at radius 1 is 0.964 bits per heavy atom. The van der Waals surface area contributed by atoms with E-state index in [0.29, 0.717) is 31.2 Å². The minimum absolute atomic E-state index is 0.0182. The molecule has 3 saturated heterocycles. The average molecular weight is 864 g/mol. The van der Waals surface area contributed by atoms with Crippen LogP contribution in [-0.2, 0) is 36.4 Å². The van der Waals surface area contributed by atoms with Gasteiger partial charge in [-0.15, -0.1) is 0 Å². The largest absolute Gasteiger partial charge is 0.490 e. The highest BCUT2D eigenvalue weighted by atomic mass is 32.2. The van der Waals surface area contributed by atoms with E-state index in [4.69, 9.17) is 20.3 Å². The number of aliphatic hydroxyl groups excluding tert-OH is 2. The molecule has 2 unspecified atom stereocenters. The summed E-state index contributed by atoms with van der Waals surface area (Å²) in [5.74, 6) is 0.545. The zero-order valence-electron chi connectivity index (χ0n) is 29.0. The van der Waals surface area contributed by atoms with Gasteiger partial charge < -0.3 is 61.5 Å². The Kier molecular flexibility index (Phi) is 14.4. The van der Waals surface area contributed by atoms with E-state index in [-0.39, 0.29) is 47.1 Å². The third kappa shape index (κ3) is 11.9. The lowest BCUT2D eigenvalue weighted by Crippen LogP contribution is -2.36.